The number of nitrogens with zero attached hydrogens (tertiary/aromatic N) is 1. The topological polar surface area (TPSA) is 99.8 Å². The highest BCUT2D eigenvalue weighted by atomic mass is 16.5. The van der Waals surface area contributed by atoms with E-state index in [-0.39, 0.29) is 19.0 Å². The summed E-state index contributed by atoms with van der Waals surface area (Å²) in [7, 11) is 1.55. The average molecular weight is 412 g/mol. The minimum atomic E-state index is -0.633. The summed E-state index contributed by atoms with van der Waals surface area (Å²) in [6.07, 6.45) is 0.767. The van der Waals surface area contributed by atoms with E-state index in [1.807, 2.05) is 38.1 Å². The number of rotatable bonds is 9. The van der Waals surface area contributed by atoms with Crippen LogP contribution in [0.5, 0.6) is 5.75 Å². The average Bonchev–Trinajstić information content (AvgIpc) is 2.70. The molecule has 0 aliphatic rings. The van der Waals surface area contributed by atoms with Gasteiger partial charge in [-0.2, -0.15) is 0 Å². The maximum atomic E-state index is 12.4. The first-order chi connectivity index (χ1) is 14.4. The van der Waals surface area contributed by atoms with E-state index in [4.69, 9.17) is 4.74 Å². The largest absolute Gasteiger partial charge is 0.497 e. The van der Waals surface area contributed by atoms with Gasteiger partial charge in [-0.1, -0.05) is 25.1 Å². The van der Waals surface area contributed by atoms with Crippen molar-refractivity contribution in [2.75, 3.05) is 37.4 Å². The molecule has 0 aliphatic carbocycles. The van der Waals surface area contributed by atoms with Gasteiger partial charge in [0.25, 0.3) is 0 Å². The lowest BCUT2D eigenvalue weighted by Crippen LogP contribution is -2.44. The van der Waals surface area contributed by atoms with Gasteiger partial charge < -0.3 is 15.4 Å². The number of methoxy groups -OCH3 is 1. The molecule has 160 valence electrons. The van der Waals surface area contributed by atoms with Crippen molar-refractivity contribution in [3.8, 4) is 5.75 Å². The van der Waals surface area contributed by atoms with Gasteiger partial charge in [0.15, 0.2) is 0 Å². The lowest BCUT2D eigenvalue weighted by molar-refractivity contribution is -0.122. The number of anilines is 2. The fourth-order valence-electron chi connectivity index (χ4n) is 2.84. The number of nitrogens with one attached hydrogen (secondary N) is 3. The van der Waals surface area contributed by atoms with Crippen LogP contribution in [0.25, 0.3) is 0 Å². The van der Waals surface area contributed by atoms with Crippen LogP contribution in [0.3, 0.4) is 0 Å². The first-order valence-electron chi connectivity index (χ1n) is 9.74. The Hall–Kier alpha value is -3.39. The van der Waals surface area contributed by atoms with Gasteiger partial charge in [0.1, 0.15) is 5.75 Å². The molecule has 0 saturated carbocycles. The van der Waals surface area contributed by atoms with Crippen LogP contribution in [-0.2, 0) is 9.59 Å². The zero-order chi connectivity index (χ0) is 21.9. The number of carbonyl (C=O) groups is 3. The van der Waals surface area contributed by atoms with Crippen molar-refractivity contribution >= 4 is 29.2 Å². The van der Waals surface area contributed by atoms with E-state index in [1.54, 1.807) is 36.3 Å². The van der Waals surface area contributed by atoms with Crippen molar-refractivity contribution in [1.82, 2.24) is 10.2 Å². The smallest absolute Gasteiger partial charge is 0.325 e. The number of imide groups is 1. The molecule has 2 aromatic carbocycles. The van der Waals surface area contributed by atoms with E-state index in [1.165, 1.54) is 0 Å². The maximum Gasteiger partial charge on any atom is 0.325 e. The van der Waals surface area contributed by atoms with Crippen molar-refractivity contribution < 1.29 is 19.1 Å². The summed E-state index contributed by atoms with van der Waals surface area (Å²) in [6, 6.07) is 13.6. The summed E-state index contributed by atoms with van der Waals surface area (Å²) in [5.41, 5.74) is 2.23. The second kappa shape index (κ2) is 11.6. The highest BCUT2D eigenvalue weighted by molar-refractivity contribution is 6.02. The van der Waals surface area contributed by atoms with Gasteiger partial charge in [-0.25, -0.2) is 4.79 Å². The zero-order valence-electron chi connectivity index (χ0n) is 17.5. The van der Waals surface area contributed by atoms with Gasteiger partial charge >= 0.3 is 6.03 Å². The monoisotopic (exact) mass is 412 g/mol. The molecule has 8 nitrogen and oxygen atoms in total. The predicted octanol–water partition coefficient (Wildman–Crippen LogP) is 3.00. The Kier molecular flexibility index (Phi) is 8.83. The normalized spacial score (nSPS) is 10.4. The number of hydrogen-bond donors (Lipinski definition) is 3. The fourth-order valence-corrected chi connectivity index (χ4v) is 2.84. The third-order valence-electron chi connectivity index (χ3n) is 4.29. The molecule has 0 heterocycles. The second-order valence-corrected chi connectivity index (χ2v) is 6.80. The van der Waals surface area contributed by atoms with Crippen LogP contribution in [0.2, 0.25) is 0 Å². The number of ether oxygens (including phenoxy) is 1. The van der Waals surface area contributed by atoms with Crippen LogP contribution in [0, 0.1) is 6.92 Å². The van der Waals surface area contributed by atoms with Gasteiger partial charge in [0.2, 0.25) is 11.8 Å². The summed E-state index contributed by atoms with van der Waals surface area (Å²) in [4.78, 5) is 38.4. The Morgan fingerprint density at radius 2 is 1.60 bits per heavy atom. The van der Waals surface area contributed by atoms with Gasteiger partial charge in [0.05, 0.1) is 20.2 Å². The second-order valence-electron chi connectivity index (χ2n) is 6.80. The number of para-hydroxylation sites is 1. The number of benzene rings is 2. The van der Waals surface area contributed by atoms with Crippen LogP contribution in [-0.4, -0.2) is 49.5 Å². The molecule has 0 spiro atoms. The highest BCUT2D eigenvalue weighted by Gasteiger charge is 2.16. The molecule has 0 aromatic heterocycles. The Labute approximate surface area is 176 Å². The van der Waals surface area contributed by atoms with Crippen molar-refractivity contribution in [3.63, 3.8) is 0 Å². The summed E-state index contributed by atoms with van der Waals surface area (Å²) in [6.45, 7) is 4.41. The lowest BCUT2D eigenvalue weighted by atomic mass is 10.2. The van der Waals surface area contributed by atoms with Crippen molar-refractivity contribution in [2.45, 2.75) is 20.3 Å². The molecular weight excluding hydrogens is 384 g/mol. The number of hydrogen-bond acceptors (Lipinski definition) is 5. The van der Waals surface area contributed by atoms with Crippen LogP contribution < -0.4 is 20.7 Å². The summed E-state index contributed by atoms with van der Waals surface area (Å²) >= 11 is 0. The zero-order valence-corrected chi connectivity index (χ0v) is 17.5. The maximum absolute atomic E-state index is 12.4. The minimum absolute atomic E-state index is 0.0513. The Balaban J connectivity index is 1.85. The molecule has 8 heteroatoms. The van der Waals surface area contributed by atoms with Crippen molar-refractivity contribution in [1.29, 1.82) is 0 Å². The van der Waals surface area contributed by atoms with E-state index in [0.29, 0.717) is 18.0 Å². The van der Waals surface area contributed by atoms with Crippen LogP contribution >= 0.6 is 0 Å². The third-order valence-corrected chi connectivity index (χ3v) is 4.29. The molecule has 2 rings (SSSR count). The lowest BCUT2D eigenvalue weighted by Gasteiger charge is -2.20. The molecule has 0 saturated heterocycles. The van der Waals surface area contributed by atoms with Gasteiger partial charge in [-0.05, 0) is 55.8 Å². The Bertz CT molecular complexity index is 868. The minimum Gasteiger partial charge on any atom is -0.497 e. The SMILES string of the molecule is CCCN(CC(=O)NC(=O)Nc1ccc(OC)cc1)CC(=O)Nc1ccccc1C. The summed E-state index contributed by atoms with van der Waals surface area (Å²) in [5.74, 6) is -0.0393. The van der Waals surface area contributed by atoms with E-state index in [9.17, 15) is 14.4 Å². The Morgan fingerprint density at radius 1 is 0.933 bits per heavy atom. The summed E-state index contributed by atoms with van der Waals surface area (Å²) < 4.78 is 5.06. The first kappa shape index (κ1) is 22.9. The molecular formula is C22H28N4O4. The summed E-state index contributed by atoms with van der Waals surface area (Å²) in [5, 5.41) is 7.72. The molecule has 0 radical (unpaired) electrons. The quantitative estimate of drug-likeness (QED) is 0.588. The third kappa shape index (κ3) is 7.56. The van der Waals surface area contributed by atoms with E-state index in [2.05, 4.69) is 16.0 Å². The number of amides is 4. The van der Waals surface area contributed by atoms with Crippen LogP contribution in [0.1, 0.15) is 18.9 Å². The van der Waals surface area contributed by atoms with Gasteiger partial charge in [-0.15, -0.1) is 0 Å². The molecule has 0 aliphatic heterocycles. The van der Waals surface area contributed by atoms with Gasteiger partial charge in [-0.3, -0.25) is 19.8 Å². The van der Waals surface area contributed by atoms with Crippen molar-refractivity contribution in [3.05, 3.63) is 54.1 Å². The molecule has 0 unspecified atom stereocenters. The van der Waals surface area contributed by atoms with E-state index in [0.717, 1.165) is 17.7 Å². The predicted molar refractivity (Wildman–Crippen MR) is 117 cm³/mol. The number of urea groups is 1. The highest BCUT2D eigenvalue weighted by Crippen LogP contribution is 2.15. The van der Waals surface area contributed by atoms with E-state index < -0.39 is 11.9 Å². The molecule has 0 bridgehead atoms. The molecule has 30 heavy (non-hydrogen) atoms. The molecule has 2 aromatic rings. The molecule has 0 atom stereocenters. The molecule has 3 N–H and O–H groups in total. The standard InChI is InChI=1S/C22H28N4O4/c1-4-13-26(14-20(27)24-19-8-6-5-7-16(19)2)15-21(28)25-22(29)23-17-9-11-18(30-3)12-10-17/h5-12H,4,13-15H2,1-3H3,(H,24,27)(H2,23,25,28,29). The molecule has 0 fully saturated rings. The van der Waals surface area contributed by atoms with Crippen LogP contribution in [0.4, 0.5) is 16.2 Å². The Morgan fingerprint density at radius 3 is 2.23 bits per heavy atom. The van der Waals surface area contributed by atoms with Crippen molar-refractivity contribution in [2.24, 2.45) is 0 Å². The molecule has 4 amide bonds. The number of carbonyl (C=O) groups excluding carboxylic acids is 3. The number of aryl methyl sites for hydroxylation is 1. The van der Waals surface area contributed by atoms with Gasteiger partial charge in [0, 0.05) is 11.4 Å². The first-order valence-corrected chi connectivity index (χ1v) is 9.74. The van der Waals surface area contributed by atoms with E-state index >= 15 is 0 Å². The fraction of sp³-hybridized carbons (Fsp3) is 0.318. The van der Waals surface area contributed by atoms with Crippen LogP contribution in [0.15, 0.2) is 48.5 Å².